The maximum Gasteiger partial charge on any atom is 0.118 e. The predicted octanol–water partition coefficient (Wildman–Crippen LogP) is 4.86. The van der Waals surface area contributed by atoms with Gasteiger partial charge in [0, 0.05) is 0 Å². The van der Waals surface area contributed by atoms with Gasteiger partial charge in [0.2, 0.25) is 0 Å². The number of hydrogen-bond donors (Lipinski definition) is 1. The zero-order chi connectivity index (χ0) is 12.5. The molecule has 1 nitrogen and oxygen atoms in total. The van der Waals surface area contributed by atoms with Gasteiger partial charge in [0.15, 0.2) is 0 Å². The minimum absolute atomic E-state index is 0.468. The van der Waals surface area contributed by atoms with Crippen LogP contribution in [0.3, 0.4) is 0 Å². The van der Waals surface area contributed by atoms with E-state index in [-0.39, 0.29) is 0 Å². The Bertz CT molecular complexity index is 317. The van der Waals surface area contributed by atoms with Crippen LogP contribution in [-0.4, -0.2) is 5.11 Å². The summed E-state index contributed by atoms with van der Waals surface area (Å²) in [5.41, 5.74) is 2.50. The fourth-order valence-electron chi connectivity index (χ4n) is 2.12. The molecule has 0 aliphatic rings. The Hall–Kier alpha value is -0.980. The molecule has 0 heterocycles. The highest BCUT2D eigenvalue weighted by Gasteiger charge is 2.02. The van der Waals surface area contributed by atoms with E-state index in [1.165, 1.54) is 37.7 Å². The topological polar surface area (TPSA) is 20.2 Å². The highest BCUT2D eigenvalue weighted by Crippen LogP contribution is 2.21. The van der Waals surface area contributed by atoms with Crippen LogP contribution in [0.25, 0.3) is 0 Å². The molecule has 17 heavy (non-hydrogen) atoms. The van der Waals surface area contributed by atoms with Gasteiger partial charge in [0.25, 0.3) is 0 Å². The molecule has 0 aromatic heterocycles. The second kappa shape index (κ2) is 8.16. The summed E-state index contributed by atoms with van der Waals surface area (Å²) in [7, 11) is 0. The molecule has 0 spiro atoms. The average molecular weight is 234 g/mol. The molecule has 1 heteroatoms. The number of phenolic OH excluding ortho intramolecular Hbond substituents is 1. The molecule has 0 atom stereocenters. The van der Waals surface area contributed by atoms with Crippen molar-refractivity contribution >= 4 is 0 Å². The first-order valence-corrected chi connectivity index (χ1v) is 7.08. The van der Waals surface area contributed by atoms with Crippen molar-refractivity contribution in [3.63, 3.8) is 0 Å². The van der Waals surface area contributed by atoms with Crippen molar-refractivity contribution in [3.8, 4) is 5.75 Å². The molecular formula is C16H26O. The van der Waals surface area contributed by atoms with E-state index < -0.39 is 0 Å². The van der Waals surface area contributed by atoms with E-state index in [1.807, 2.05) is 6.07 Å². The molecule has 0 unspecified atom stereocenters. The Balaban J connectivity index is 2.49. The number of benzene rings is 1. The Morgan fingerprint density at radius 3 is 2.35 bits per heavy atom. The van der Waals surface area contributed by atoms with E-state index >= 15 is 0 Å². The SMILES string of the molecule is CCCCCCc1ccc(O)c(CCCC)c1. The third-order valence-corrected chi connectivity index (χ3v) is 3.26. The average Bonchev–Trinajstić information content (AvgIpc) is 2.35. The lowest BCUT2D eigenvalue weighted by atomic mass is 10.0. The normalized spacial score (nSPS) is 10.7. The molecular weight excluding hydrogens is 208 g/mol. The number of aryl methyl sites for hydroxylation is 2. The van der Waals surface area contributed by atoms with Gasteiger partial charge in [-0.25, -0.2) is 0 Å². The summed E-state index contributed by atoms with van der Waals surface area (Å²) in [5, 5.41) is 9.77. The van der Waals surface area contributed by atoms with Crippen LogP contribution >= 0.6 is 0 Å². The van der Waals surface area contributed by atoms with Crippen LogP contribution in [0, 0.1) is 0 Å². The summed E-state index contributed by atoms with van der Waals surface area (Å²) in [5.74, 6) is 0.468. The Kier molecular flexibility index (Phi) is 6.76. The van der Waals surface area contributed by atoms with Crippen molar-refractivity contribution in [1.29, 1.82) is 0 Å². The van der Waals surface area contributed by atoms with Crippen LogP contribution < -0.4 is 0 Å². The lowest BCUT2D eigenvalue weighted by Gasteiger charge is -2.07. The van der Waals surface area contributed by atoms with Gasteiger partial charge in [-0.1, -0.05) is 51.7 Å². The molecule has 0 saturated heterocycles. The van der Waals surface area contributed by atoms with E-state index in [2.05, 4.69) is 26.0 Å². The summed E-state index contributed by atoms with van der Waals surface area (Å²) in [4.78, 5) is 0. The van der Waals surface area contributed by atoms with Crippen molar-refractivity contribution in [3.05, 3.63) is 29.3 Å². The van der Waals surface area contributed by atoms with Gasteiger partial charge < -0.3 is 5.11 Å². The fraction of sp³-hybridized carbons (Fsp3) is 0.625. The van der Waals surface area contributed by atoms with E-state index in [9.17, 15) is 5.11 Å². The van der Waals surface area contributed by atoms with Gasteiger partial charge >= 0.3 is 0 Å². The van der Waals surface area contributed by atoms with E-state index in [0.717, 1.165) is 24.8 Å². The predicted molar refractivity (Wildman–Crippen MR) is 74.6 cm³/mol. The zero-order valence-corrected chi connectivity index (χ0v) is 11.3. The zero-order valence-electron chi connectivity index (χ0n) is 11.3. The van der Waals surface area contributed by atoms with E-state index in [1.54, 1.807) is 0 Å². The molecule has 96 valence electrons. The quantitative estimate of drug-likeness (QED) is 0.637. The van der Waals surface area contributed by atoms with Gasteiger partial charge in [-0.15, -0.1) is 0 Å². The maximum absolute atomic E-state index is 9.77. The van der Waals surface area contributed by atoms with Crippen LogP contribution in [0.4, 0.5) is 0 Å². The fourth-order valence-corrected chi connectivity index (χ4v) is 2.12. The minimum Gasteiger partial charge on any atom is -0.508 e. The smallest absolute Gasteiger partial charge is 0.118 e. The summed E-state index contributed by atoms with van der Waals surface area (Å²) in [6.45, 7) is 4.43. The van der Waals surface area contributed by atoms with E-state index in [4.69, 9.17) is 0 Å². The summed E-state index contributed by atoms with van der Waals surface area (Å²) < 4.78 is 0. The van der Waals surface area contributed by atoms with Crippen LogP contribution in [0.2, 0.25) is 0 Å². The van der Waals surface area contributed by atoms with Gasteiger partial charge in [0.1, 0.15) is 5.75 Å². The molecule has 0 amide bonds. The third kappa shape index (κ3) is 5.25. The molecule has 1 N–H and O–H groups in total. The Labute approximate surface area is 106 Å². The molecule has 1 aromatic rings. The van der Waals surface area contributed by atoms with Gasteiger partial charge in [-0.05, 0) is 42.9 Å². The lowest BCUT2D eigenvalue weighted by Crippen LogP contribution is -1.91. The molecule has 1 rings (SSSR count). The number of hydrogen-bond acceptors (Lipinski definition) is 1. The summed E-state index contributed by atoms with van der Waals surface area (Å²) in [6, 6.07) is 6.12. The number of phenols is 1. The largest absolute Gasteiger partial charge is 0.508 e. The Morgan fingerprint density at radius 1 is 0.882 bits per heavy atom. The molecule has 0 aliphatic heterocycles. The second-order valence-corrected chi connectivity index (χ2v) is 4.88. The van der Waals surface area contributed by atoms with Crippen LogP contribution in [0.1, 0.15) is 63.5 Å². The van der Waals surface area contributed by atoms with Crippen molar-refractivity contribution in [2.45, 2.75) is 65.2 Å². The minimum atomic E-state index is 0.468. The van der Waals surface area contributed by atoms with Crippen molar-refractivity contribution in [2.24, 2.45) is 0 Å². The highest BCUT2D eigenvalue weighted by molar-refractivity contribution is 5.36. The number of aromatic hydroxyl groups is 1. The first kappa shape index (κ1) is 14.1. The standard InChI is InChI=1S/C16H26O/c1-3-5-7-8-9-14-11-12-16(17)15(13-14)10-6-4-2/h11-13,17H,3-10H2,1-2H3. The first-order chi connectivity index (χ1) is 8.27. The summed E-state index contributed by atoms with van der Waals surface area (Å²) in [6.07, 6.45) is 9.71. The molecule has 0 saturated carbocycles. The molecule has 0 radical (unpaired) electrons. The van der Waals surface area contributed by atoms with Gasteiger partial charge in [0.05, 0.1) is 0 Å². The van der Waals surface area contributed by atoms with Crippen LogP contribution in [0.15, 0.2) is 18.2 Å². The van der Waals surface area contributed by atoms with Gasteiger partial charge in [-0.2, -0.15) is 0 Å². The second-order valence-electron chi connectivity index (χ2n) is 4.88. The third-order valence-electron chi connectivity index (χ3n) is 3.26. The molecule has 0 aliphatic carbocycles. The van der Waals surface area contributed by atoms with Crippen molar-refractivity contribution < 1.29 is 5.11 Å². The molecule has 0 fully saturated rings. The van der Waals surface area contributed by atoms with Crippen molar-refractivity contribution in [2.75, 3.05) is 0 Å². The van der Waals surface area contributed by atoms with Gasteiger partial charge in [-0.3, -0.25) is 0 Å². The van der Waals surface area contributed by atoms with Crippen LogP contribution in [0.5, 0.6) is 5.75 Å². The van der Waals surface area contributed by atoms with E-state index in [0.29, 0.717) is 5.75 Å². The summed E-state index contributed by atoms with van der Waals surface area (Å²) >= 11 is 0. The van der Waals surface area contributed by atoms with Crippen LogP contribution in [-0.2, 0) is 12.8 Å². The number of rotatable bonds is 8. The maximum atomic E-state index is 9.77. The Morgan fingerprint density at radius 2 is 1.65 bits per heavy atom. The number of unbranched alkanes of at least 4 members (excludes halogenated alkanes) is 4. The highest BCUT2D eigenvalue weighted by atomic mass is 16.3. The first-order valence-electron chi connectivity index (χ1n) is 7.08. The monoisotopic (exact) mass is 234 g/mol. The molecule has 1 aromatic carbocycles. The van der Waals surface area contributed by atoms with Crippen molar-refractivity contribution in [1.82, 2.24) is 0 Å². The lowest BCUT2D eigenvalue weighted by molar-refractivity contribution is 0.466. The molecule has 0 bridgehead atoms.